The molecule has 1 nitrogen and oxygen atoms in total. The number of alkyl halides is 2. The largest absolute Gasteiger partial charge is 0.330 e. The minimum absolute atomic E-state index is 0.0408. The lowest BCUT2D eigenvalue weighted by Crippen LogP contribution is -2.28. The SMILES string of the molecule is CC(F)(F)c1ccc(C(C)(C)CN)cc1. The van der Waals surface area contributed by atoms with E-state index in [0.29, 0.717) is 6.54 Å². The molecular formula is C12H17F2N. The van der Waals surface area contributed by atoms with E-state index >= 15 is 0 Å². The van der Waals surface area contributed by atoms with Gasteiger partial charge in [0.1, 0.15) is 0 Å². The Morgan fingerprint density at radius 2 is 1.40 bits per heavy atom. The van der Waals surface area contributed by atoms with Gasteiger partial charge >= 0.3 is 0 Å². The molecule has 0 bridgehead atoms. The molecule has 0 saturated heterocycles. The van der Waals surface area contributed by atoms with Gasteiger partial charge in [0, 0.05) is 24.4 Å². The molecule has 15 heavy (non-hydrogen) atoms. The van der Waals surface area contributed by atoms with Gasteiger partial charge in [-0.15, -0.1) is 0 Å². The first kappa shape index (κ1) is 12.1. The van der Waals surface area contributed by atoms with E-state index in [2.05, 4.69) is 0 Å². The molecule has 0 aliphatic carbocycles. The van der Waals surface area contributed by atoms with E-state index < -0.39 is 5.92 Å². The van der Waals surface area contributed by atoms with E-state index in [9.17, 15) is 8.78 Å². The number of hydrogen-bond acceptors (Lipinski definition) is 1. The Kier molecular flexibility index (Phi) is 3.14. The quantitative estimate of drug-likeness (QED) is 0.820. The van der Waals surface area contributed by atoms with Crippen molar-refractivity contribution in [1.29, 1.82) is 0 Å². The van der Waals surface area contributed by atoms with Crippen LogP contribution in [0, 0.1) is 0 Å². The zero-order valence-corrected chi connectivity index (χ0v) is 9.35. The summed E-state index contributed by atoms with van der Waals surface area (Å²) in [5.41, 5.74) is 6.47. The minimum atomic E-state index is -2.77. The van der Waals surface area contributed by atoms with Crippen LogP contribution < -0.4 is 5.73 Å². The number of halogens is 2. The molecule has 2 N–H and O–H groups in total. The van der Waals surface area contributed by atoms with Gasteiger partial charge in [0.25, 0.3) is 5.92 Å². The lowest BCUT2D eigenvalue weighted by atomic mass is 9.84. The van der Waals surface area contributed by atoms with Crippen molar-refractivity contribution >= 4 is 0 Å². The van der Waals surface area contributed by atoms with Gasteiger partial charge in [-0.2, -0.15) is 0 Å². The first-order valence-electron chi connectivity index (χ1n) is 4.96. The van der Waals surface area contributed by atoms with Crippen LogP contribution in [0.25, 0.3) is 0 Å². The molecule has 1 aromatic carbocycles. The summed E-state index contributed by atoms with van der Waals surface area (Å²) < 4.78 is 25.9. The monoisotopic (exact) mass is 213 g/mol. The van der Waals surface area contributed by atoms with E-state index in [-0.39, 0.29) is 11.0 Å². The van der Waals surface area contributed by atoms with Gasteiger partial charge in [0.05, 0.1) is 0 Å². The Bertz CT molecular complexity index is 322. The average Bonchev–Trinajstić information content (AvgIpc) is 2.17. The zero-order valence-electron chi connectivity index (χ0n) is 9.35. The summed E-state index contributed by atoms with van der Waals surface area (Å²) in [6.07, 6.45) is 0. The van der Waals surface area contributed by atoms with E-state index in [1.165, 1.54) is 12.1 Å². The third-order valence-electron chi connectivity index (χ3n) is 2.68. The van der Waals surface area contributed by atoms with Crippen LogP contribution in [0.1, 0.15) is 31.9 Å². The van der Waals surface area contributed by atoms with Crippen LogP contribution in [-0.4, -0.2) is 6.54 Å². The Hall–Kier alpha value is -0.960. The Morgan fingerprint density at radius 1 is 1.00 bits per heavy atom. The van der Waals surface area contributed by atoms with Crippen molar-refractivity contribution in [3.63, 3.8) is 0 Å². The molecule has 0 radical (unpaired) electrons. The van der Waals surface area contributed by atoms with Crippen LogP contribution in [0.4, 0.5) is 8.78 Å². The van der Waals surface area contributed by atoms with E-state index in [4.69, 9.17) is 5.73 Å². The maximum Gasteiger partial charge on any atom is 0.270 e. The Balaban J connectivity index is 3.01. The van der Waals surface area contributed by atoms with Crippen LogP contribution in [0.15, 0.2) is 24.3 Å². The molecule has 0 spiro atoms. The van der Waals surface area contributed by atoms with Crippen LogP contribution in [-0.2, 0) is 11.3 Å². The standard InChI is InChI=1S/C12H17F2N/c1-11(2,8-15)9-4-6-10(7-5-9)12(3,13)14/h4-7H,8,15H2,1-3H3. The van der Waals surface area contributed by atoms with Crippen molar-refractivity contribution in [2.45, 2.75) is 32.1 Å². The maximum atomic E-state index is 12.9. The number of rotatable bonds is 3. The van der Waals surface area contributed by atoms with Gasteiger partial charge < -0.3 is 5.73 Å². The molecule has 0 amide bonds. The first-order valence-corrected chi connectivity index (χ1v) is 4.96. The summed E-state index contributed by atoms with van der Waals surface area (Å²) in [6, 6.07) is 6.37. The number of hydrogen-bond donors (Lipinski definition) is 1. The summed E-state index contributed by atoms with van der Waals surface area (Å²) in [6.45, 7) is 5.38. The van der Waals surface area contributed by atoms with Crippen LogP contribution in [0.3, 0.4) is 0 Å². The smallest absolute Gasteiger partial charge is 0.270 e. The zero-order chi connectivity index (χ0) is 11.7. The molecule has 0 heterocycles. The van der Waals surface area contributed by atoms with Crippen molar-refractivity contribution in [1.82, 2.24) is 0 Å². The highest BCUT2D eigenvalue weighted by Gasteiger charge is 2.25. The molecule has 84 valence electrons. The fraction of sp³-hybridized carbons (Fsp3) is 0.500. The maximum absolute atomic E-state index is 12.9. The predicted octanol–water partition coefficient (Wildman–Crippen LogP) is 3.03. The summed E-state index contributed by atoms with van der Waals surface area (Å²) in [5, 5.41) is 0. The molecule has 1 aromatic rings. The third-order valence-corrected chi connectivity index (χ3v) is 2.68. The van der Waals surface area contributed by atoms with Crippen LogP contribution >= 0.6 is 0 Å². The highest BCUT2D eigenvalue weighted by atomic mass is 19.3. The van der Waals surface area contributed by atoms with Crippen LogP contribution in [0.5, 0.6) is 0 Å². The minimum Gasteiger partial charge on any atom is -0.330 e. The summed E-state index contributed by atoms with van der Waals surface area (Å²) in [7, 11) is 0. The van der Waals surface area contributed by atoms with E-state index in [1.807, 2.05) is 13.8 Å². The van der Waals surface area contributed by atoms with Crippen molar-refractivity contribution < 1.29 is 8.78 Å². The van der Waals surface area contributed by atoms with Crippen molar-refractivity contribution in [2.24, 2.45) is 5.73 Å². The molecule has 0 aliphatic heterocycles. The van der Waals surface area contributed by atoms with Gasteiger partial charge in [-0.25, -0.2) is 8.78 Å². The molecule has 0 saturated carbocycles. The van der Waals surface area contributed by atoms with E-state index in [1.54, 1.807) is 12.1 Å². The lowest BCUT2D eigenvalue weighted by Gasteiger charge is -2.23. The molecule has 0 atom stereocenters. The molecule has 0 aromatic heterocycles. The number of benzene rings is 1. The second-order valence-electron chi connectivity index (χ2n) is 4.55. The molecule has 0 unspecified atom stereocenters. The van der Waals surface area contributed by atoms with E-state index in [0.717, 1.165) is 12.5 Å². The molecule has 3 heteroatoms. The first-order chi connectivity index (χ1) is 6.77. The van der Waals surface area contributed by atoms with Crippen molar-refractivity contribution in [3.8, 4) is 0 Å². The fourth-order valence-electron chi connectivity index (χ4n) is 1.33. The molecule has 0 aliphatic rings. The Labute approximate surface area is 89.3 Å². The van der Waals surface area contributed by atoms with Crippen LogP contribution in [0.2, 0.25) is 0 Å². The Morgan fingerprint density at radius 3 is 1.73 bits per heavy atom. The third kappa shape index (κ3) is 2.75. The van der Waals surface area contributed by atoms with Gasteiger partial charge in [-0.05, 0) is 5.56 Å². The molecular weight excluding hydrogens is 196 g/mol. The second kappa shape index (κ2) is 3.89. The predicted molar refractivity (Wildman–Crippen MR) is 58.1 cm³/mol. The highest BCUT2D eigenvalue weighted by molar-refractivity contribution is 5.30. The summed E-state index contributed by atoms with van der Waals surface area (Å²) in [4.78, 5) is 0. The summed E-state index contributed by atoms with van der Waals surface area (Å²) >= 11 is 0. The summed E-state index contributed by atoms with van der Waals surface area (Å²) in [5.74, 6) is -2.77. The topological polar surface area (TPSA) is 26.0 Å². The normalized spacial score (nSPS) is 12.9. The lowest BCUT2D eigenvalue weighted by molar-refractivity contribution is 0.0174. The second-order valence-corrected chi connectivity index (χ2v) is 4.55. The van der Waals surface area contributed by atoms with Crippen molar-refractivity contribution in [2.75, 3.05) is 6.54 Å². The fourth-order valence-corrected chi connectivity index (χ4v) is 1.33. The number of nitrogens with two attached hydrogens (primary N) is 1. The molecule has 0 fully saturated rings. The van der Waals surface area contributed by atoms with Gasteiger partial charge in [0.2, 0.25) is 0 Å². The van der Waals surface area contributed by atoms with Gasteiger partial charge in [0.15, 0.2) is 0 Å². The average molecular weight is 213 g/mol. The van der Waals surface area contributed by atoms with Gasteiger partial charge in [-0.1, -0.05) is 38.1 Å². The highest BCUT2D eigenvalue weighted by Crippen LogP contribution is 2.29. The molecule has 1 rings (SSSR count). The van der Waals surface area contributed by atoms with Gasteiger partial charge in [-0.3, -0.25) is 0 Å². The van der Waals surface area contributed by atoms with Crippen molar-refractivity contribution in [3.05, 3.63) is 35.4 Å².